The second-order valence-corrected chi connectivity index (χ2v) is 9.10. The van der Waals surface area contributed by atoms with E-state index in [9.17, 15) is 15.0 Å². The SMILES string of the molecule is CC(O)c1nccn1C(/C=C/c1ccc(-c2ccc(C3CC(C(=O)NCCO)C3)cc2)cc1)CO. The number of carbonyl (C=O) groups excluding carboxylic acids is 1. The highest BCUT2D eigenvalue weighted by Crippen LogP contribution is 2.42. The number of amides is 1. The molecule has 4 rings (SSSR count). The van der Waals surface area contributed by atoms with Gasteiger partial charge in [-0.1, -0.05) is 60.7 Å². The molecule has 0 radical (unpaired) electrons. The zero-order chi connectivity index (χ0) is 24.8. The van der Waals surface area contributed by atoms with Crippen LogP contribution in [0.1, 0.15) is 54.8 Å². The van der Waals surface area contributed by atoms with Gasteiger partial charge in [0.1, 0.15) is 11.9 Å². The van der Waals surface area contributed by atoms with Crippen molar-refractivity contribution in [2.75, 3.05) is 19.8 Å². The summed E-state index contributed by atoms with van der Waals surface area (Å²) in [5, 5.41) is 31.3. The molecule has 2 atom stereocenters. The lowest BCUT2D eigenvalue weighted by Gasteiger charge is -2.34. The van der Waals surface area contributed by atoms with Crippen molar-refractivity contribution in [3.05, 3.63) is 84.0 Å². The van der Waals surface area contributed by atoms with Crippen LogP contribution in [0.3, 0.4) is 0 Å². The quantitative estimate of drug-likeness (QED) is 0.359. The van der Waals surface area contributed by atoms with E-state index in [2.05, 4.69) is 46.7 Å². The second-order valence-electron chi connectivity index (χ2n) is 9.10. The molecule has 1 heterocycles. The number of hydrogen-bond donors (Lipinski definition) is 4. The monoisotopic (exact) mass is 475 g/mol. The minimum absolute atomic E-state index is 0.0277. The fourth-order valence-electron chi connectivity index (χ4n) is 4.55. The van der Waals surface area contributed by atoms with Gasteiger partial charge in [0.15, 0.2) is 0 Å². The van der Waals surface area contributed by atoms with Gasteiger partial charge in [-0.05, 0) is 47.9 Å². The number of hydrogen-bond acceptors (Lipinski definition) is 5. The Morgan fingerprint density at radius 2 is 1.77 bits per heavy atom. The topological polar surface area (TPSA) is 108 Å². The van der Waals surface area contributed by atoms with Crippen molar-refractivity contribution in [2.45, 2.75) is 37.8 Å². The number of aromatic nitrogens is 2. The minimum atomic E-state index is -0.708. The molecule has 2 unspecified atom stereocenters. The average Bonchev–Trinajstić information content (AvgIpc) is 3.33. The van der Waals surface area contributed by atoms with Crippen molar-refractivity contribution >= 4 is 12.0 Å². The largest absolute Gasteiger partial charge is 0.395 e. The van der Waals surface area contributed by atoms with Gasteiger partial charge in [0, 0.05) is 24.9 Å². The Balaban J connectivity index is 1.36. The van der Waals surface area contributed by atoms with Crippen molar-refractivity contribution in [3.8, 4) is 11.1 Å². The Labute approximate surface area is 205 Å². The van der Waals surface area contributed by atoms with Crippen LogP contribution in [0.2, 0.25) is 0 Å². The van der Waals surface area contributed by atoms with Crippen molar-refractivity contribution in [3.63, 3.8) is 0 Å². The number of benzene rings is 2. The van der Waals surface area contributed by atoms with Crippen molar-refractivity contribution < 1.29 is 20.1 Å². The third-order valence-electron chi connectivity index (χ3n) is 6.67. The molecule has 2 aromatic carbocycles. The molecular weight excluding hydrogens is 442 g/mol. The van der Waals surface area contributed by atoms with E-state index in [0.29, 0.717) is 18.3 Å². The molecule has 1 amide bonds. The van der Waals surface area contributed by atoms with Crippen LogP contribution in [-0.4, -0.2) is 50.5 Å². The number of nitrogens with zero attached hydrogens (tertiary/aromatic N) is 2. The summed E-state index contributed by atoms with van der Waals surface area (Å²) in [4.78, 5) is 16.2. The van der Waals surface area contributed by atoms with Gasteiger partial charge in [-0.3, -0.25) is 4.79 Å². The molecule has 1 saturated carbocycles. The van der Waals surface area contributed by atoms with Crippen LogP contribution in [0.15, 0.2) is 67.0 Å². The van der Waals surface area contributed by atoms with Gasteiger partial charge < -0.3 is 25.2 Å². The summed E-state index contributed by atoms with van der Waals surface area (Å²) in [6.45, 7) is 1.86. The lowest BCUT2D eigenvalue weighted by Crippen LogP contribution is -2.39. The van der Waals surface area contributed by atoms with Crippen molar-refractivity contribution in [1.29, 1.82) is 0 Å². The second kappa shape index (κ2) is 11.4. The lowest BCUT2D eigenvalue weighted by molar-refractivity contribution is -0.128. The first-order valence-corrected chi connectivity index (χ1v) is 12.1. The Hall–Kier alpha value is -3.26. The highest BCUT2D eigenvalue weighted by molar-refractivity contribution is 5.80. The molecule has 0 spiro atoms. The average molecular weight is 476 g/mol. The molecule has 7 heteroatoms. The van der Waals surface area contributed by atoms with Crippen LogP contribution in [0.25, 0.3) is 17.2 Å². The zero-order valence-electron chi connectivity index (χ0n) is 19.9. The van der Waals surface area contributed by atoms with E-state index >= 15 is 0 Å². The highest BCUT2D eigenvalue weighted by atomic mass is 16.3. The van der Waals surface area contributed by atoms with Crippen molar-refractivity contribution in [1.82, 2.24) is 14.9 Å². The third-order valence-corrected chi connectivity index (χ3v) is 6.67. The molecule has 1 aliphatic rings. The Morgan fingerprint density at radius 3 is 2.37 bits per heavy atom. The summed E-state index contributed by atoms with van der Waals surface area (Å²) in [5.41, 5.74) is 4.52. The maximum absolute atomic E-state index is 12.0. The fourth-order valence-corrected chi connectivity index (χ4v) is 4.55. The van der Waals surface area contributed by atoms with Crippen LogP contribution in [0, 0.1) is 5.92 Å². The van der Waals surface area contributed by atoms with E-state index in [-0.39, 0.29) is 31.1 Å². The van der Waals surface area contributed by atoms with Crippen LogP contribution >= 0.6 is 0 Å². The van der Waals surface area contributed by atoms with Crippen molar-refractivity contribution in [2.24, 2.45) is 5.92 Å². The van der Waals surface area contributed by atoms with E-state index < -0.39 is 6.10 Å². The molecule has 7 nitrogen and oxygen atoms in total. The number of aliphatic hydroxyl groups is 3. The molecule has 1 aliphatic carbocycles. The summed E-state index contributed by atoms with van der Waals surface area (Å²) in [5.74, 6) is 1.02. The molecular formula is C28H33N3O4. The van der Waals surface area contributed by atoms with Crippen LogP contribution < -0.4 is 5.32 Å². The van der Waals surface area contributed by atoms with Gasteiger partial charge in [0.05, 0.1) is 19.3 Å². The summed E-state index contributed by atoms with van der Waals surface area (Å²) < 4.78 is 1.78. The molecule has 184 valence electrons. The summed E-state index contributed by atoms with van der Waals surface area (Å²) >= 11 is 0. The Bertz CT molecular complexity index is 1130. The minimum Gasteiger partial charge on any atom is -0.395 e. The van der Waals surface area contributed by atoms with E-state index in [1.165, 1.54) is 5.56 Å². The van der Waals surface area contributed by atoms with Crippen LogP contribution in [0.5, 0.6) is 0 Å². The summed E-state index contributed by atoms with van der Waals surface area (Å²) in [6, 6.07) is 16.5. The van der Waals surface area contributed by atoms with Gasteiger partial charge in [-0.15, -0.1) is 0 Å². The maximum atomic E-state index is 12.0. The normalized spacial score (nSPS) is 19.3. The Morgan fingerprint density at radius 1 is 1.11 bits per heavy atom. The number of nitrogens with one attached hydrogen (secondary N) is 1. The molecule has 3 aromatic rings. The van der Waals surface area contributed by atoms with E-state index in [1.54, 1.807) is 23.9 Å². The highest BCUT2D eigenvalue weighted by Gasteiger charge is 2.35. The predicted octanol–water partition coefficient (Wildman–Crippen LogP) is 3.45. The van der Waals surface area contributed by atoms with Crippen LogP contribution in [-0.2, 0) is 4.79 Å². The summed E-state index contributed by atoms with van der Waals surface area (Å²) in [7, 11) is 0. The molecule has 0 aliphatic heterocycles. The molecule has 35 heavy (non-hydrogen) atoms. The number of carbonyl (C=O) groups is 1. The molecule has 0 saturated heterocycles. The summed E-state index contributed by atoms with van der Waals surface area (Å²) in [6.07, 6.45) is 8.25. The molecule has 0 bridgehead atoms. The first kappa shape index (κ1) is 24.9. The number of aliphatic hydroxyl groups excluding tert-OH is 3. The number of imidazole rings is 1. The third kappa shape index (κ3) is 5.88. The van der Waals surface area contributed by atoms with Gasteiger partial charge in [0.25, 0.3) is 0 Å². The van der Waals surface area contributed by atoms with Gasteiger partial charge in [0.2, 0.25) is 5.91 Å². The molecule has 1 aromatic heterocycles. The van der Waals surface area contributed by atoms with Gasteiger partial charge in [-0.25, -0.2) is 4.98 Å². The van der Waals surface area contributed by atoms with Gasteiger partial charge >= 0.3 is 0 Å². The smallest absolute Gasteiger partial charge is 0.223 e. The van der Waals surface area contributed by atoms with E-state index in [4.69, 9.17) is 5.11 Å². The first-order valence-electron chi connectivity index (χ1n) is 12.1. The zero-order valence-corrected chi connectivity index (χ0v) is 19.9. The lowest BCUT2D eigenvalue weighted by atomic mass is 9.71. The molecule has 4 N–H and O–H groups in total. The van der Waals surface area contributed by atoms with Crippen LogP contribution in [0.4, 0.5) is 0 Å². The molecule has 1 fully saturated rings. The van der Waals surface area contributed by atoms with Gasteiger partial charge in [-0.2, -0.15) is 0 Å². The first-order chi connectivity index (χ1) is 17.0. The fraction of sp³-hybridized carbons (Fsp3) is 0.357. The standard InChI is InChI=1S/C28H33N3O4/c1-19(34)27-29-12-14-31(27)26(18-33)11-4-20-2-5-21(6-3-20)22-7-9-23(10-8-22)24-16-25(17-24)28(35)30-13-15-32/h2-12,14,19,24-26,32-34H,13,15-18H2,1H3,(H,30,35)/b11-4+. The van der Waals surface area contributed by atoms with E-state index in [1.807, 2.05) is 24.3 Å². The predicted molar refractivity (Wildman–Crippen MR) is 135 cm³/mol. The number of rotatable bonds is 10. The van der Waals surface area contributed by atoms with E-state index in [0.717, 1.165) is 29.5 Å². The Kier molecular flexibility index (Phi) is 8.13. The maximum Gasteiger partial charge on any atom is 0.223 e.